The molecule has 5 nitrogen and oxygen atoms in total. The molecule has 0 aliphatic rings. The summed E-state index contributed by atoms with van der Waals surface area (Å²) in [5.41, 5.74) is 27.5. The summed E-state index contributed by atoms with van der Waals surface area (Å²) >= 11 is 0. The number of nitrogens with zero attached hydrogens (tertiary/aromatic N) is 5. The Hall–Kier alpha value is -14.2. The zero-order chi connectivity index (χ0) is 72.7. The van der Waals surface area contributed by atoms with Gasteiger partial charge in [-0.2, -0.15) is 36.4 Å². The first-order valence-electron chi connectivity index (χ1n) is 36.6. The van der Waals surface area contributed by atoms with Crippen molar-refractivity contribution in [2.75, 3.05) is 0 Å². The molecule has 0 spiro atoms. The van der Waals surface area contributed by atoms with E-state index in [1.807, 2.05) is 60.7 Å². The van der Waals surface area contributed by atoms with Crippen molar-refractivity contribution >= 4 is 65.4 Å². The summed E-state index contributed by atoms with van der Waals surface area (Å²) in [6, 6.07) is 152. The summed E-state index contributed by atoms with van der Waals surface area (Å²) in [5.74, 6) is 0. The molecule has 0 aliphatic heterocycles. The number of nitriles is 2. The van der Waals surface area contributed by atoms with Gasteiger partial charge in [-0.15, -0.1) is 29.3 Å². The van der Waals surface area contributed by atoms with E-state index in [1.54, 1.807) is 0 Å². The van der Waals surface area contributed by atoms with Crippen LogP contribution in [0.3, 0.4) is 0 Å². The SMILES string of the molecule is N#Cc1[c-]c(-n2c3ccc(-c4ccccc4)cc3c3cc(-c4ccccc4)ccc32)c(C#N)c(-n2c3ccc(-c4ccccc4)cc3c3cc(-c4ccccc4)ccc32)c1-n1c2ccc(-c3ccccc3)cc2c2cc(-c3ccccc3)ccc21.[W].[c-]1ccc(-c2ccccc2)cc1-c1[c-]ccc(-c2ccccc2)c1. The first-order chi connectivity index (χ1) is 54.0. The first-order valence-corrected chi connectivity index (χ1v) is 36.6. The van der Waals surface area contributed by atoms with Gasteiger partial charge in [0.1, 0.15) is 0 Å². The van der Waals surface area contributed by atoms with Crippen LogP contribution in [0.25, 0.3) is 183 Å². The van der Waals surface area contributed by atoms with Crippen LogP contribution in [-0.4, -0.2) is 13.7 Å². The maximum absolute atomic E-state index is 12.5. The van der Waals surface area contributed by atoms with Gasteiger partial charge in [0.2, 0.25) is 0 Å². The monoisotopic (exact) mass is 1570 g/mol. The molecule has 0 radical (unpaired) electrons. The van der Waals surface area contributed by atoms with Crippen LogP contribution in [0.2, 0.25) is 0 Å². The number of hydrogen-bond donors (Lipinski definition) is 0. The second kappa shape index (κ2) is 29.3. The normalized spacial score (nSPS) is 11.2. The summed E-state index contributed by atoms with van der Waals surface area (Å²) in [5, 5.41) is 30.7. The van der Waals surface area contributed by atoms with Gasteiger partial charge in [0.15, 0.2) is 0 Å². The van der Waals surface area contributed by atoms with Crippen LogP contribution in [0.1, 0.15) is 11.1 Å². The molecular weight excluding hydrogens is 1500 g/mol. The predicted molar refractivity (Wildman–Crippen MR) is 451 cm³/mol. The summed E-state index contributed by atoms with van der Waals surface area (Å²) in [6.07, 6.45) is 0. The average molecular weight is 1570 g/mol. The van der Waals surface area contributed by atoms with Crippen LogP contribution in [-0.2, 0) is 21.1 Å². The molecule has 3 heterocycles. The van der Waals surface area contributed by atoms with E-state index in [9.17, 15) is 10.5 Å². The molecule has 0 saturated heterocycles. The molecular formula is C104H64N5W-3. The predicted octanol–water partition coefficient (Wildman–Crippen LogP) is 26.8. The van der Waals surface area contributed by atoms with Gasteiger partial charge in [0, 0.05) is 75.7 Å². The summed E-state index contributed by atoms with van der Waals surface area (Å²) in [7, 11) is 0. The number of aromatic nitrogens is 3. The van der Waals surface area contributed by atoms with Crippen molar-refractivity contribution < 1.29 is 21.1 Å². The zero-order valence-electron chi connectivity index (χ0n) is 59.6. The third-order valence-corrected chi connectivity index (χ3v) is 21.1. The van der Waals surface area contributed by atoms with E-state index in [0.29, 0.717) is 22.6 Å². The standard InChI is InChI=1S/C80H48N5.C24H16.W/c81-50-64-49-78(83-72-37-31-58(52-19-7-1-8-20-52)43-65(72)66-44-59(32-38-73(66)83)53-21-9-2-10-22-53)71(51-82)80(85-76-41-35-62(56-27-15-5-16-28-56)47-69(76)70-48-63(36-42-77(70)85)57-29-17-6-18-30-57)79(64)84-74-39-33-60(54-23-11-3-12-24-54)45-67(74)68-46-61(34-40-75(68)84)55-25-13-4-14-26-55;1-3-9-19(10-4-1)21-13-7-15-23(17-21)24-16-8-14-22(18-24)20-11-5-2-6-12-20;/h1-48H;1-14,17-18H;/q-1;-2;. The summed E-state index contributed by atoms with van der Waals surface area (Å²) < 4.78 is 6.64. The Kier molecular flexibility index (Phi) is 18.0. The average Bonchev–Trinajstić information content (AvgIpc) is 1.53. The Labute approximate surface area is 652 Å². The molecule has 110 heavy (non-hydrogen) atoms. The molecule has 0 bridgehead atoms. The van der Waals surface area contributed by atoms with E-state index in [0.717, 1.165) is 143 Å². The number of rotatable bonds is 12. The second-order valence-electron chi connectivity index (χ2n) is 27.5. The molecule has 20 rings (SSSR count). The van der Waals surface area contributed by atoms with Gasteiger partial charge in [-0.1, -0.05) is 285 Å². The van der Waals surface area contributed by atoms with Crippen molar-refractivity contribution in [2.45, 2.75) is 0 Å². The van der Waals surface area contributed by atoms with Gasteiger partial charge in [-0.05, 0) is 168 Å². The minimum atomic E-state index is 0. The Morgan fingerprint density at radius 3 is 0.682 bits per heavy atom. The molecule has 6 heteroatoms. The van der Waals surface area contributed by atoms with Gasteiger partial charge in [0.05, 0.1) is 28.1 Å². The van der Waals surface area contributed by atoms with Crippen molar-refractivity contribution in [1.82, 2.24) is 13.7 Å². The van der Waals surface area contributed by atoms with Crippen LogP contribution in [0.5, 0.6) is 0 Å². The van der Waals surface area contributed by atoms with Crippen molar-refractivity contribution in [1.29, 1.82) is 10.5 Å². The fourth-order valence-electron chi connectivity index (χ4n) is 15.9. The van der Waals surface area contributed by atoms with Crippen molar-refractivity contribution in [3.8, 4) is 129 Å². The van der Waals surface area contributed by atoms with Crippen LogP contribution >= 0.6 is 0 Å². The first kappa shape index (κ1) is 67.7. The Morgan fingerprint density at radius 2 is 0.445 bits per heavy atom. The van der Waals surface area contributed by atoms with Crippen molar-refractivity contribution in [3.63, 3.8) is 0 Å². The maximum atomic E-state index is 12.5. The molecule has 0 amide bonds. The molecule has 0 fully saturated rings. The molecule has 0 atom stereocenters. The number of hydrogen-bond acceptors (Lipinski definition) is 2. The molecule has 0 aliphatic carbocycles. The Bertz CT molecular complexity index is 6560. The van der Waals surface area contributed by atoms with Crippen molar-refractivity contribution in [2.24, 2.45) is 0 Å². The van der Waals surface area contributed by atoms with E-state index in [-0.39, 0.29) is 26.6 Å². The fraction of sp³-hybridized carbons (Fsp3) is 0. The topological polar surface area (TPSA) is 62.4 Å². The number of fused-ring (bicyclic) bond motifs is 9. The van der Waals surface area contributed by atoms with E-state index in [4.69, 9.17) is 0 Å². The minimum absolute atomic E-state index is 0. The maximum Gasteiger partial charge on any atom is 0.0525 e. The van der Waals surface area contributed by atoms with E-state index in [1.165, 1.54) is 22.3 Å². The van der Waals surface area contributed by atoms with Crippen molar-refractivity contribution in [3.05, 3.63) is 418 Å². The Morgan fingerprint density at radius 1 is 0.218 bits per heavy atom. The van der Waals surface area contributed by atoms with Crippen LogP contribution in [0, 0.1) is 40.9 Å². The summed E-state index contributed by atoms with van der Waals surface area (Å²) in [6.45, 7) is 0. The smallest absolute Gasteiger partial charge is 0.0525 e. The van der Waals surface area contributed by atoms with Gasteiger partial charge in [0.25, 0.3) is 0 Å². The third-order valence-electron chi connectivity index (χ3n) is 21.1. The van der Waals surface area contributed by atoms with E-state index in [2.05, 4.69) is 372 Å². The quantitative estimate of drug-likeness (QED) is 0.114. The van der Waals surface area contributed by atoms with E-state index < -0.39 is 0 Å². The third kappa shape index (κ3) is 12.3. The van der Waals surface area contributed by atoms with Crippen LogP contribution in [0.4, 0.5) is 0 Å². The largest absolute Gasteiger partial charge is 0.348 e. The minimum Gasteiger partial charge on any atom is -0.348 e. The van der Waals surface area contributed by atoms with Gasteiger partial charge in [-0.3, -0.25) is 5.26 Å². The zero-order valence-corrected chi connectivity index (χ0v) is 62.5. The molecule has 3 aromatic heterocycles. The number of benzene rings is 17. The molecule has 0 N–H and O–H groups in total. The van der Waals surface area contributed by atoms with Gasteiger partial charge < -0.3 is 13.7 Å². The molecule has 0 saturated carbocycles. The fourth-order valence-corrected chi connectivity index (χ4v) is 15.9. The van der Waals surface area contributed by atoms with Gasteiger partial charge >= 0.3 is 0 Å². The van der Waals surface area contributed by atoms with Crippen LogP contribution < -0.4 is 0 Å². The Balaban J connectivity index is 0.000000288. The van der Waals surface area contributed by atoms with E-state index >= 15 is 0 Å². The van der Waals surface area contributed by atoms with Crippen LogP contribution in [0.15, 0.2) is 388 Å². The second-order valence-corrected chi connectivity index (χ2v) is 27.5. The molecule has 17 aromatic carbocycles. The molecule has 514 valence electrons. The molecule has 0 unspecified atom stereocenters. The summed E-state index contributed by atoms with van der Waals surface area (Å²) in [4.78, 5) is 0. The molecule has 20 aromatic rings. The van der Waals surface area contributed by atoms with Gasteiger partial charge in [-0.25, -0.2) is 16.4 Å².